The third-order valence-electron chi connectivity index (χ3n) is 7.00. The normalized spacial score (nSPS) is 19.6. The molecule has 1 saturated heterocycles. The van der Waals surface area contributed by atoms with E-state index in [0.29, 0.717) is 40.9 Å². The molecule has 4 rings (SSSR count). The lowest BCUT2D eigenvalue weighted by Gasteiger charge is -2.38. The van der Waals surface area contributed by atoms with Crippen molar-refractivity contribution in [3.8, 4) is 34.5 Å². The number of hydrogen-bond acceptors (Lipinski definition) is 10. The first kappa shape index (κ1) is 28.6. The lowest BCUT2D eigenvalue weighted by molar-refractivity contribution is 0.0926. The molecule has 3 atom stereocenters. The fourth-order valence-electron chi connectivity index (χ4n) is 4.92. The SMILES string of the molecule is COc1cc(C2C/C(=N\NC(=O)c3ccco3)C(C)C(c3cc(OC)c(OC)c(OC)c3)N2)cc(OC)c1OC. The van der Waals surface area contributed by atoms with Gasteiger partial charge >= 0.3 is 5.91 Å². The van der Waals surface area contributed by atoms with Crippen LogP contribution in [0.25, 0.3) is 0 Å². The predicted octanol–water partition coefficient (Wildman–Crippen LogP) is 4.53. The van der Waals surface area contributed by atoms with E-state index in [2.05, 4.69) is 15.8 Å². The van der Waals surface area contributed by atoms with Crippen LogP contribution in [0.4, 0.5) is 0 Å². The highest BCUT2D eigenvalue weighted by atomic mass is 16.5. The van der Waals surface area contributed by atoms with E-state index < -0.39 is 5.91 Å². The van der Waals surface area contributed by atoms with Gasteiger partial charge in [-0.2, -0.15) is 5.10 Å². The number of carbonyl (C=O) groups excluding carboxylic acids is 1. The molecule has 1 aliphatic heterocycles. The zero-order valence-corrected chi connectivity index (χ0v) is 23.7. The summed E-state index contributed by atoms with van der Waals surface area (Å²) in [6.07, 6.45) is 1.94. The maximum Gasteiger partial charge on any atom is 0.307 e. The van der Waals surface area contributed by atoms with E-state index in [1.54, 1.807) is 54.8 Å². The molecule has 214 valence electrons. The third kappa shape index (κ3) is 5.64. The van der Waals surface area contributed by atoms with E-state index in [9.17, 15) is 4.79 Å². The second kappa shape index (κ2) is 12.6. The largest absolute Gasteiger partial charge is 0.493 e. The Balaban J connectivity index is 1.79. The number of furan rings is 1. The summed E-state index contributed by atoms with van der Waals surface area (Å²) in [6, 6.07) is 10.4. The molecule has 11 heteroatoms. The first-order valence-corrected chi connectivity index (χ1v) is 12.6. The van der Waals surface area contributed by atoms with Crippen molar-refractivity contribution in [3.05, 3.63) is 59.5 Å². The molecule has 2 N–H and O–H groups in total. The second-order valence-corrected chi connectivity index (χ2v) is 9.13. The van der Waals surface area contributed by atoms with E-state index in [0.717, 1.165) is 16.8 Å². The number of rotatable bonds is 10. The van der Waals surface area contributed by atoms with Crippen LogP contribution in [0.5, 0.6) is 34.5 Å². The molecule has 40 heavy (non-hydrogen) atoms. The maximum atomic E-state index is 12.6. The van der Waals surface area contributed by atoms with E-state index in [1.807, 2.05) is 31.2 Å². The Kier molecular flexibility index (Phi) is 9.05. The summed E-state index contributed by atoms with van der Waals surface area (Å²) in [5.41, 5.74) is 5.20. The summed E-state index contributed by atoms with van der Waals surface area (Å²) in [7, 11) is 9.44. The molecule has 1 aliphatic rings. The Bertz CT molecular complexity index is 1310. The zero-order valence-electron chi connectivity index (χ0n) is 23.7. The van der Waals surface area contributed by atoms with Crippen molar-refractivity contribution in [2.45, 2.75) is 25.4 Å². The minimum Gasteiger partial charge on any atom is -0.493 e. The highest BCUT2D eigenvalue weighted by Crippen LogP contribution is 2.45. The molecule has 3 aromatic rings. The van der Waals surface area contributed by atoms with Crippen LogP contribution < -0.4 is 39.2 Å². The fourth-order valence-corrected chi connectivity index (χ4v) is 4.92. The van der Waals surface area contributed by atoms with Gasteiger partial charge in [-0.25, -0.2) is 5.43 Å². The molecule has 2 aromatic carbocycles. The summed E-state index contributed by atoms with van der Waals surface area (Å²) < 4.78 is 38.7. The van der Waals surface area contributed by atoms with Gasteiger partial charge in [0, 0.05) is 30.1 Å². The minimum absolute atomic E-state index is 0.127. The molecule has 2 heterocycles. The van der Waals surface area contributed by atoms with Gasteiger partial charge in [0.2, 0.25) is 11.5 Å². The standard InChI is InChI=1S/C29H35N3O8/c1-16-19(31-32-29(33)21-9-8-10-40-21)15-20(17-11-22(34-2)27(38-6)23(12-17)35-3)30-26(16)18-13-24(36-4)28(39-7)25(14-18)37-5/h8-14,16,20,26,30H,15H2,1-7H3,(H,32,33)/b31-19+. The Morgan fingerprint density at radius 2 is 1.38 bits per heavy atom. The predicted molar refractivity (Wildman–Crippen MR) is 148 cm³/mol. The number of piperidine rings is 1. The summed E-state index contributed by atoms with van der Waals surface area (Å²) in [6.45, 7) is 2.05. The summed E-state index contributed by atoms with van der Waals surface area (Å²) in [5, 5.41) is 8.30. The van der Waals surface area contributed by atoms with Crippen molar-refractivity contribution in [1.82, 2.24) is 10.7 Å². The van der Waals surface area contributed by atoms with E-state index in [1.165, 1.54) is 6.26 Å². The van der Waals surface area contributed by atoms with Crippen LogP contribution in [0.1, 0.15) is 47.1 Å². The van der Waals surface area contributed by atoms with Gasteiger partial charge in [-0.15, -0.1) is 0 Å². The molecule has 1 amide bonds. The average Bonchev–Trinajstić information content (AvgIpc) is 3.54. The van der Waals surface area contributed by atoms with Gasteiger partial charge in [0.05, 0.1) is 48.9 Å². The molecule has 0 radical (unpaired) electrons. The number of benzene rings is 2. The third-order valence-corrected chi connectivity index (χ3v) is 7.00. The van der Waals surface area contributed by atoms with Crippen molar-refractivity contribution in [1.29, 1.82) is 0 Å². The van der Waals surface area contributed by atoms with Crippen LogP contribution in [0.3, 0.4) is 0 Å². The van der Waals surface area contributed by atoms with Gasteiger partial charge in [-0.1, -0.05) is 6.92 Å². The monoisotopic (exact) mass is 553 g/mol. The maximum absolute atomic E-state index is 12.6. The number of nitrogens with zero attached hydrogens (tertiary/aromatic N) is 1. The van der Waals surface area contributed by atoms with Gasteiger partial charge in [0.15, 0.2) is 28.8 Å². The lowest BCUT2D eigenvalue weighted by atomic mass is 9.81. The quantitative estimate of drug-likeness (QED) is 0.349. The lowest BCUT2D eigenvalue weighted by Crippen LogP contribution is -2.42. The highest BCUT2D eigenvalue weighted by Gasteiger charge is 2.36. The first-order chi connectivity index (χ1) is 19.4. The Hall–Kier alpha value is -4.38. The number of methoxy groups -OCH3 is 6. The molecule has 0 saturated carbocycles. The van der Waals surface area contributed by atoms with E-state index >= 15 is 0 Å². The van der Waals surface area contributed by atoms with Crippen LogP contribution in [0.15, 0.2) is 52.2 Å². The van der Waals surface area contributed by atoms with E-state index in [-0.39, 0.29) is 23.8 Å². The van der Waals surface area contributed by atoms with E-state index in [4.69, 9.17) is 32.8 Å². The number of ether oxygens (including phenoxy) is 6. The molecule has 1 aromatic heterocycles. The number of hydrogen-bond donors (Lipinski definition) is 2. The van der Waals surface area contributed by atoms with Crippen LogP contribution >= 0.6 is 0 Å². The Morgan fingerprint density at radius 1 is 0.850 bits per heavy atom. The zero-order chi connectivity index (χ0) is 28.8. The molecule has 0 spiro atoms. The molecule has 0 bridgehead atoms. The number of hydrazone groups is 1. The van der Waals surface area contributed by atoms with Crippen LogP contribution in [-0.4, -0.2) is 54.3 Å². The van der Waals surface area contributed by atoms with Gasteiger partial charge < -0.3 is 38.2 Å². The van der Waals surface area contributed by atoms with Crippen molar-refractivity contribution < 1.29 is 37.6 Å². The molecule has 11 nitrogen and oxygen atoms in total. The summed E-state index contributed by atoms with van der Waals surface area (Å²) in [5.74, 6) is 2.74. The minimum atomic E-state index is -0.433. The number of amides is 1. The number of carbonyl (C=O) groups is 1. The average molecular weight is 554 g/mol. The highest BCUT2D eigenvalue weighted by molar-refractivity contribution is 5.94. The Morgan fingerprint density at radius 3 is 1.82 bits per heavy atom. The Labute approximate surface area is 233 Å². The van der Waals surface area contributed by atoms with Crippen molar-refractivity contribution in [2.75, 3.05) is 42.7 Å². The second-order valence-electron chi connectivity index (χ2n) is 9.13. The molecule has 0 aliphatic carbocycles. The summed E-state index contributed by atoms with van der Waals surface area (Å²) in [4.78, 5) is 12.6. The summed E-state index contributed by atoms with van der Waals surface area (Å²) >= 11 is 0. The molecule has 1 fully saturated rings. The van der Waals surface area contributed by atoms with Gasteiger partial charge in [-0.05, 0) is 47.5 Å². The first-order valence-electron chi connectivity index (χ1n) is 12.6. The van der Waals surface area contributed by atoms with Gasteiger partial charge in [0.1, 0.15) is 0 Å². The smallest absolute Gasteiger partial charge is 0.307 e. The van der Waals surface area contributed by atoms with Gasteiger partial charge in [0.25, 0.3) is 0 Å². The van der Waals surface area contributed by atoms with Crippen molar-refractivity contribution in [3.63, 3.8) is 0 Å². The fraction of sp³-hybridized carbons (Fsp3) is 0.379. The van der Waals surface area contributed by atoms with Gasteiger partial charge in [-0.3, -0.25) is 4.79 Å². The molecule has 3 unspecified atom stereocenters. The van der Waals surface area contributed by atoms with Crippen molar-refractivity contribution in [2.24, 2.45) is 11.0 Å². The molecular weight excluding hydrogens is 518 g/mol. The van der Waals surface area contributed by atoms with Crippen LogP contribution in [0, 0.1) is 5.92 Å². The molecular formula is C29H35N3O8. The topological polar surface area (TPSA) is 122 Å². The van der Waals surface area contributed by atoms with Crippen LogP contribution in [-0.2, 0) is 0 Å². The van der Waals surface area contributed by atoms with Crippen LogP contribution in [0.2, 0.25) is 0 Å². The number of nitrogens with one attached hydrogen (secondary N) is 2. The van der Waals surface area contributed by atoms with Crippen molar-refractivity contribution >= 4 is 11.6 Å².